The van der Waals surface area contributed by atoms with Crippen LogP contribution in [-0.2, 0) is 4.84 Å². The van der Waals surface area contributed by atoms with Gasteiger partial charge in [-0.1, -0.05) is 0 Å². The number of carbonyl (C=O) groups is 1. The Morgan fingerprint density at radius 3 is 3.07 bits per heavy atom. The number of carbonyl (C=O) groups excluding carboxylic acids is 1. The molecule has 0 saturated heterocycles. The van der Waals surface area contributed by atoms with Gasteiger partial charge in [-0.05, 0) is 6.92 Å². The summed E-state index contributed by atoms with van der Waals surface area (Å²) in [7, 11) is 0. The zero-order chi connectivity index (χ0) is 11.3. The van der Waals surface area contributed by atoms with E-state index in [9.17, 15) is 14.9 Å². The number of hydrogen-bond acceptors (Lipinski definition) is 6. The number of aromatic nitrogens is 1. The minimum atomic E-state index is -0.899. The van der Waals surface area contributed by atoms with Crippen LogP contribution in [0.3, 0.4) is 0 Å². The van der Waals surface area contributed by atoms with E-state index in [0.29, 0.717) is 10.6 Å². The van der Waals surface area contributed by atoms with Gasteiger partial charge in [-0.15, -0.1) is 21.5 Å². The fraction of sp³-hybridized carbons (Fsp3) is 0.429. The maximum absolute atomic E-state index is 11.4. The van der Waals surface area contributed by atoms with Crippen molar-refractivity contribution < 1.29 is 14.7 Å². The SMILES string of the molecule is Cc1ncsc1C(=O)NCCO[N+](=O)[O-]. The van der Waals surface area contributed by atoms with Gasteiger partial charge in [-0.3, -0.25) is 4.79 Å². The molecule has 0 bridgehead atoms. The topological polar surface area (TPSA) is 94.4 Å². The van der Waals surface area contributed by atoms with E-state index in [-0.39, 0.29) is 19.1 Å². The van der Waals surface area contributed by atoms with Crippen LogP contribution in [0.1, 0.15) is 15.4 Å². The Bertz CT molecular complexity index is 365. The fourth-order valence-corrected chi connectivity index (χ4v) is 1.60. The van der Waals surface area contributed by atoms with Crippen LogP contribution in [0.15, 0.2) is 5.51 Å². The molecule has 0 aliphatic rings. The van der Waals surface area contributed by atoms with Gasteiger partial charge in [0.25, 0.3) is 11.0 Å². The molecule has 7 nitrogen and oxygen atoms in total. The van der Waals surface area contributed by atoms with Gasteiger partial charge in [0.05, 0.1) is 11.2 Å². The lowest BCUT2D eigenvalue weighted by Gasteiger charge is -2.02. The smallest absolute Gasteiger partial charge is 0.294 e. The van der Waals surface area contributed by atoms with Crippen LogP contribution in [0, 0.1) is 17.0 Å². The molecule has 1 N–H and O–H groups in total. The van der Waals surface area contributed by atoms with Gasteiger partial charge >= 0.3 is 0 Å². The predicted octanol–water partition coefficient (Wildman–Crippen LogP) is 0.390. The molecule has 1 heterocycles. The number of nitrogens with zero attached hydrogens (tertiary/aromatic N) is 2. The van der Waals surface area contributed by atoms with Crippen molar-refractivity contribution in [3.05, 3.63) is 26.2 Å². The summed E-state index contributed by atoms with van der Waals surface area (Å²) in [6, 6.07) is 0. The molecule has 0 radical (unpaired) electrons. The third kappa shape index (κ3) is 3.50. The lowest BCUT2D eigenvalue weighted by molar-refractivity contribution is -0.757. The molecule has 0 unspecified atom stereocenters. The zero-order valence-electron chi connectivity index (χ0n) is 7.93. The Labute approximate surface area is 89.2 Å². The van der Waals surface area contributed by atoms with Gasteiger partial charge in [-0.25, -0.2) is 4.98 Å². The van der Waals surface area contributed by atoms with E-state index in [1.165, 1.54) is 11.3 Å². The second kappa shape index (κ2) is 5.25. The molecule has 1 aromatic heterocycles. The highest BCUT2D eigenvalue weighted by Crippen LogP contribution is 2.10. The van der Waals surface area contributed by atoms with Crippen molar-refractivity contribution >= 4 is 17.2 Å². The van der Waals surface area contributed by atoms with Crippen molar-refractivity contribution in [1.82, 2.24) is 10.3 Å². The molecule has 0 aliphatic carbocycles. The Kier molecular flexibility index (Phi) is 3.98. The summed E-state index contributed by atoms with van der Waals surface area (Å²) >= 11 is 1.22. The lowest BCUT2D eigenvalue weighted by atomic mass is 10.4. The summed E-state index contributed by atoms with van der Waals surface area (Å²) in [6.45, 7) is 1.66. The highest BCUT2D eigenvalue weighted by Gasteiger charge is 2.10. The van der Waals surface area contributed by atoms with Crippen molar-refractivity contribution in [3.8, 4) is 0 Å². The first-order valence-electron chi connectivity index (χ1n) is 4.07. The van der Waals surface area contributed by atoms with E-state index in [1.807, 2.05) is 0 Å². The van der Waals surface area contributed by atoms with Gasteiger partial charge in [0.15, 0.2) is 0 Å². The number of amides is 1. The Hall–Kier alpha value is -1.70. The van der Waals surface area contributed by atoms with Gasteiger partial charge < -0.3 is 10.2 Å². The summed E-state index contributed by atoms with van der Waals surface area (Å²) in [5.74, 6) is -0.290. The van der Waals surface area contributed by atoms with E-state index in [4.69, 9.17) is 0 Å². The third-order valence-corrected chi connectivity index (χ3v) is 2.46. The normalized spacial score (nSPS) is 9.67. The molecule has 1 amide bonds. The summed E-state index contributed by atoms with van der Waals surface area (Å²) < 4.78 is 0. The molecule has 0 fully saturated rings. The standard InChI is InChI=1S/C7H9N3O4S/c1-5-6(15-4-9-5)7(11)8-2-3-14-10(12)13/h4H,2-3H2,1H3,(H,8,11). The van der Waals surface area contributed by atoms with Crippen molar-refractivity contribution in [2.45, 2.75) is 6.92 Å². The van der Waals surface area contributed by atoms with E-state index < -0.39 is 5.09 Å². The molecule has 0 saturated carbocycles. The van der Waals surface area contributed by atoms with E-state index in [2.05, 4.69) is 15.1 Å². The highest BCUT2D eigenvalue weighted by molar-refractivity contribution is 7.11. The minimum Gasteiger partial charge on any atom is -0.349 e. The van der Waals surface area contributed by atoms with Crippen LogP contribution in [0.5, 0.6) is 0 Å². The average Bonchev–Trinajstić information content (AvgIpc) is 2.58. The number of rotatable bonds is 5. The van der Waals surface area contributed by atoms with Crippen LogP contribution in [0.2, 0.25) is 0 Å². The third-order valence-electron chi connectivity index (χ3n) is 1.54. The molecule has 0 aromatic carbocycles. The van der Waals surface area contributed by atoms with Crippen LogP contribution in [0.25, 0.3) is 0 Å². The Balaban J connectivity index is 2.31. The number of hydrogen-bond donors (Lipinski definition) is 1. The van der Waals surface area contributed by atoms with Crippen LogP contribution in [0.4, 0.5) is 0 Å². The van der Waals surface area contributed by atoms with E-state index >= 15 is 0 Å². The predicted molar refractivity (Wildman–Crippen MR) is 52.1 cm³/mol. The summed E-state index contributed by atoms with van der Waals surface area (Å²) in [6.07, 6.45) is 0. The molecule has 82 valence electrons. The van der Waals surface area contributed by atoms with E-state index in [0.717, 1.165) is 0 Å². The molecule has 1 rings (SSSR count). The fourth-order valence-electron chi connectivity index (χ4n) is 0.885. The highest BCUT2D eigenvalue weighted by atomic mass is 32.1. The molecule has 8 heteroatoms. The van der Waals surface area contributed by atoms with Gasteiger partial charge in [0, 0.05) is 6.54 Å². The van der Waals surface area contributed by atoms with Crippen LogP contribution >= 0.6 is 11.3 Å². The Morgan fingerprint density at radius 2 is 2.53 bits per heavy atom. The van der Waals surface area contributed by atoms with Gasteiger partial charge in [0.1, 0.15) is 11.5 Å². The number of nitrogens with one attached hydrogen (secondary N) is 1. The second-order valence-electron chi connectivity index (χ2n) is 2.58. The second-order valence-corrected chi connectivity index (χ2v) is 3.43. The summed E-state index contributed by atoms with van der Waals surface area (Å²) in [5, 5.41) is 11.4. The van der Waals surface area contributed by atoms with Crippen molar-refractivity contribution in [1.29, 1.82) is 0 Å². The molecule has 0 spiro atoms. The maximum atomic E-state index is 11.4. The first kappa shape index (κ1) is 11.4. The molecule has 0 atom stereocenters. The van der Waals surface area contributed by atoms with Crippen LogP contribution < -0.4 is 5.32 Å². The Morgan fingerprint density at radius 1 is 1.80 bits per heavy atom. The number of aryl methyl sites for hydroxylation is 1. The van der Waals surface area contributed by atoms with E-state index in [1.54, 1.807) is 12.4 Å². The number of thiazole rings is 1. The molecular formula is C7H9N3O4S. The maximum Gasteiger partial charge on any atom is 0.294 e. The van der Waals surface area contributed by atoms with Gasteiger partial charge in [-0.2, -0.15) is 0 Å². The van der Waals surface area contributed by atoms with Crippen molar-refractivity contribution in [2.75, 3.05) is 13.2 Å². The van der Waals surface area contributed by atoms with Crippen molar-refractivity contribution in [2.24, 2.45) is 0 Å². The molecule has 1 aromatic rings. The molecule has 0 aliphatic heterocycles. The lowest BCUT2D eigenvalue weighted by Crippen LogP contribution is -2.27. The first-order chi connectivity index (χ1) is 7.11. The quantitative estimate of drug-likeness (QED) is 0.449. The molecular weight excluding hydrogens is 222 g/mol. The monoisotopic (exact) mass is 231 g/mol. The minimum absolute atomic E-state index is 0.0944. The van der Waals surface area contributed by atoms with Crippen LogP contribution in [-0.4, -0.2) is 29.1 Å². The molecule has 15 heavy (non-hydrogen) atoms. The summed E-state index contributed by atoms with van der Waals surface area (Å²) in [4.78, 5) is 29.7. The summed E-state index contributed by atoms with van der Waals surface area (Å²) in [5.41, 5.74) is 2.21. The van der Waals surface area contributed by atoms with Crippen molar-refractivity contribution in [3.63, 3.8) is 0 Å². The average molecular weight is 231 g/mol. The largest absolute Gasteiger partial charge is 0.349 e. The first-order valence-corrected chi connectivity index (χ1v) is 4.95. The van der Waals surface area contributed by atoms with Gasteiger partial charge in [0.2, 0.25) is 0 Å². The zero-order valence-corrected chi connectivity index (χ0v) is 8.74.